The number of ether oxygens (including phenoxy) is 3. The van der Waals surface area contributed by atoms with E-state index in [1.807, 2.05) is 25.1 Å². The number of hydrogen-bond acceptors (Lipinski definition) is 9. The number of fused-ring (bicyclic) bond motifs is 2. The van der Waals surface area contributed by atoms with Crippen molar-refractivity contribution in [2.24, 2.45) is 5.73 Å². The van der Waals surface area contributed by atoms with Crippen LogP contribution in [0.25, 0.3) is 22.0 Å². The number of rotatable bonds is 6. The Balaban J connectivity index is 0.000000379. The van der Waals surface area contributed by atoms with Crippen LogP contribution < -0.4 is 19.9 Å². The number of pyridine rings is 1. The number of nitrogens with zero attached hydrogens (tertiary/aromatic N) is 2. The molecule has 1 atom stereocenters. The van der Waals surface area contributed by atoms with Gasteiger partial charge in [0.2, 0.25) is 0 Å². The fourth-order valence-electron chi connectivity index (χ4n) is 3.70. The van der Waals surface area contributed by atoms with Crippen LogP contribution in [0.2, 0.25) is 0 Å². The Morgan fingerprint density at radius 1 is 0.849 bits per heavy atom. The Hall–Kier alpha value is -5.94. The number of nitrogens with one attached hydrogen (secondary N) is 1. The van der Waals surface area contributed by atoms with Crippen LogP contribution in [-0.2, 0) is 20.8 Å². The minimum Gasteiger partial charge on any atom is -0.490 e. The molecule has 3 heterocycles. The van der Waals surface area contributed by atoms with Gasteiger partial charge in [-0.05, 0) is 43.2 Å². The second kappa shape index (κ2) is 17.1. The maximum Gasteiger partial charge on any atom is 0.586 e. The number of alkyl halides is 11. The van der Waals surface area contributed by atoms with Gasteiger partial charge >= 0.3 is 42.7 Å². The van der Waals surface area contributed by atoms with E-state index in [1.165, 1.54) is 6.07 Å². The number of benzene rings is 2. The summed E-state index contributed by atoms with van der Waals surface area (Å²) < 4.78 is 137. The summed E-state index contributed by atoms with van der Waals surface area (Å²) in [5.41, 5.74) is 10.5. The number of aliphatic carboxylic acids is 3. The highest BCUT2D eigenvalue weighted by Gasteiger charge is 2.44. The van der Waals surface area contributed by atoms with E-state index in [1.54, 1.807) is 24.5 Å². The Morgan fingerprint density at radius 3 is 1.92 bits per heavy atom. The molecule has 0 spiro atoms. The second-order valence-corrected chi connectivity index (χ2v) is 10.1. The Morgan fingerprint density at radius 2 is 1.40 bits per heavy atom. The predicted molar refractivity (Wildman–Crippen MR) is 155 cm³/mol. The molecule has 53 heavy (non-hydrogen) atoms. The third-order valence-electron chi connectivity index (χ3n) is 5.97. The molecule has 0 radical (unpaired) electrons. The van der Waals surface area contributed by atoms with E-state index in [2.05, 4.69) is 30.7 Å². The van der Waals surface area contributed by atoms with Gasteiger partial charge in [0.15, 0.2) is 11.5 Å². The number of aromatic amines is 1. The summed E-state index contributed by atoms with van der Waals surface area (Å²) in [4.78, 5) is 31.0. The highest BCUT2D eigenvalue weighted by Crippen LogP contribution is 2.43. The molecule has 0 fully saturated rings. The molecule has 0 unspecified atom stereocenters. The number of carboxylic acids is 3. The van der Waals surface area contributed by atoms with E-state index < -0.39 is 48.8 Å². The van der Waals surface area contributed by atoms with Crippen LogP contribution in [-0.4, -0.2) is 85.9 Å². The van der Waals surface area contributed by atoms with Gasteiger partial charge in [-0.3, -0.25) is 10.1 Å². The Kier molecular flexibility index (Phi) is 13.9. The zero-order valence-electron chi connectivity index (χ0n) is 26.1. The first-order valence-corrected chi connectivity index (χ1v) is 13.8. The van der Waals surface area contributed by atoms with E-state index in [0.717, 1.165) is 27.7 Å². The maximum atomic E-state index is 13.4. The van der Waals surface area contributed by atoms with Crippen molar-refractivity contribution < 1.29 is 92.2 Å². The van der Waals surface area contributed by atoms with Crippen molar-refractivity contribution in [3.8, 4) is 28.4 Å². The van der Waals surface area contributed by atoms with Crippen LogP contribution in [0.4, 0.5) is 48.3 Å². The van der Waals surface area contributed by atoms with Gasteiger partial charge in [-0.1, -0.05) is 18.2 Å². The zero-order valence-corrected chi connectivity index (χ0v) is 26.1. The molecule has 4 aromatic rings. The SMILES string of the molecule is Cc1[nH]nc2ccc(-c3cncc(OC[C@@H](N)Cc4cccc5c4OC(F)(F)O5)c3)cc12.O=C(O)C(F)(F)F.O=C(O)C(F)(F)F.O=C(O)C(F)(F)F. The van der Waals surface area contributed by atoms with Crippen molar-refractivity contribution in [1.82, 2.24) is 15.2 Å². The minimum atomic E-state index is -5.08. The molecule has 0 aliphatic carbocycles. The van der Waals surface area contributed by atoms with E-state index in [-0.39, 0.29) is 24.5 Å². The van der Waals surface area contributed by atoms with Gasteiger partial charge in [0, 0.05) is 34.4 Å². The number of H-pyrrole nitrogens is 1. The Labute approximate surface area is 287 Å². The van der Waals surface area contributed by atoms with Crippen LogP contribution in [0, 0.1) is 6.92 Å². The first kappa shape index (κ1) is 43.2. The summed E-state index contributed by atoms with van der Waals surface area (Å²) in [6, 6.07) is 12.1. The lowest BCUT2D eigenvalue weighted by Gasteiger charge is -2.15. The first-order chi connectivity index (χ1) is 24.2. The van der Waals surface area contributed by atoms with E-state index >= 15 is 0 Å². The summed E-state index contributed by atoms with van der Waals surface area (Å²) in [5.74, 6) is -7.69. The minimum absolute atomic E-state index is 0.00217. The van der Waals surface area contributed by atoms with Crippen molar-refractivity contribution in [3.05, 3.63) is 66.1 Å². The molecule has 2 aromatic heterocycles. The number of aryl methyl sites for hydroxylation is 1. The van der Waals surface area contributed by atoms with Crippen molar-refractivity contribution in [2.75, 3.05) is 6.61 Å². The molecule has 6 N–H and O–H groups in total. The van der Waals surface area contributed by atoms with Crippen molar-refractivity contribution in [1.29, 1.82) is 0 Å². The molecule has 1 aliphatic rings. The second-order valence-electron chi connectivity index (χ2n) is 10.1. The van der Waals surface area contributed by atoms with Gasteiger partial charge in [0.05, 0.1) is 11.7 Å². The quantitative estimate of drug-likeness (QED) is 0.141. The van der Waals surface area contributed by atoms with Crippen LogP contribution >= 0.6 is 0 Å². The van der Waals surface area contributed by atoms with Crippen LogP contribution in [0.3, 0.4) is 0 Å². The third-order valence-corrected chi connectivity index (χ3v) is 5.97. The Bertz CT molecular complexity index is 1840. The highest BCUT2D eigenvalue weighted by atomic mass is 19.4. The van der Waals surface area contributed by atoms with Gasteiger partial charge in [-0.25, -0.2) is 14.4 Å². The van der Waals surface area contributed by atoms with Crippen LogP contribution in [0.15, 0.2) is 54.9 Å². The fraction of sp³-hybridized carbons (Fsp3) is 0.276. The van der Waals surface area contributed by atoms with Crippen LogP contribution in [0.1, 0.15) is 11.3 Å². The molecule has 1 aliphatic heterocycles. The number of hydrogen-bond donors (Lipinski definition) is 5. The first-order valence-electron chi connectivity index (χ1n) is 13.8. The lowest BCUT2D eigenvalue weighted by Crippen LogP contribution is -2.30. The van der Waals surface area contributed by atoms with Gasteiger partial charge in [-0.15, -0.1) is 8.78 Å². The number of nitrogens with two attached hydrogens (primary N) is 1. The average Bonchev–Trinajstić information content (AvgIpc) is 3.57. The smallest absolute Gasteiger partial charge is 0.490 e. The van der Waals surface area contributed by atoms with Gasteiger partial charge in [-0.2, -0.15) is 44.6 Å². The van der Waals surface area contributed by atoms with Crippen molar-refractivity contribution >= 4 is 28.8 Å². The monoisotopic (exact) mass is 780 g/mol. The number of carboxylic acid groups (broad SMARTS) is 3. The van der Waals surface area contributed by atoms with Gasteiger partial charge in [0.25, 0.3) is 0 Å². The topological polar surface area (TPSA) is 207 Å². The molecule has 24 heteroatoms. The van der Waals surface area contributed by atoms with E-state index in [4.69, 9.17) is 40.2 Å². The molecule has 13 nitrogen and oxygen atoms in total. The lowest BCUT2D eigenvalue weighted by atomic mass is 10.0. The number of para-hydroxylation sites is 1. The standard InChI is InChI=1S/C23H20F2N4O3.3C2HF3O2/c1-13-19-9-14(5-6-20(19)29-28-13)16-8-18(11-27-10-16)30-12-17(26)7-15-3-2-4-21-22(15)32-23(24,25)31-21;3*3-2(4,5)1(6)7/h2-6,8-11,17H,7,12,26H2,1H3,(H,28,29);3*(H,6,7)/t17-;;;/m0.../s1. The summed E-state index contributed by atoms with van der Waals surface area (Å²) in [6.07, 6.45) is -15.3. The molecule has 290 valence electrons. The van der Waals surface area contributed by atoms with Crippen molar-refractivity contribution in [2.45, 2.75) is 44.2 Å². The third kappa shape index (κ3) is 13.6. The number of aromatic nitrogens is 3. The molecule has 0 bridgehead atoms. The molecular weight excluding hydrogens is 757 g/mol. The summed E-state index contributed by atoms with van der Waals surface area (Å²) >= 11 is 0. The molecule has 5 rings (SSSR count). The zero-order chi connectivity index (χ0) is 40.5. The molecular formula is C29H23F11N4O9. The summed E-state index contributed by atoms with van der Waals surface area (Å²) in [5, 5.41) is 29.6. The molecule has 0 saturated heterocycles. The summed E-state index contributed by atoms with van der Waals surface area (Å²) in [7, 11) is 0. The summed E-state index contributed by atoms with van der Waals surface area (Å²) in [6.45, 7) is 2.14. The molecule has 2 aromatic carbocycles. The van der Waals surface area contributed by atoms with E-state index in [0.29, 0.717) is 11.3 Å². The largest absolute Gasteiger partial charge is 0.586 e. The van der Waals surface area contributed by atoms with Crippen LogP contribution in [0.5, 0.6) is 17.2 Å². The molecule has 0 amide bonds. The predicted octanol–water partition coefficient (Wildman–Crippen LogP) is 6.10. The maximum absolute atomic E-state index is 13.4. The number of carbonyl (C=O) groups is 3. The average molecular weight is 781 g/mol. The van der Waals surface area contributed by atoms with Crippen molar-refractivity contribution in [3.63, 3.8) is 0 Å². The van der Waals surface area contributed by atoms with E-state index in [9.17, 15) is 48.3 Å². The van der Waals surface area contributed by atoms with Gasteiger partial charge < -0.3 is 35.3 Å². The lowest BCUT2D eigenvalue weighted by molar-refractivity contribution is -0.287. The highest BCUT2D eigenvalue weighted by molar-refractivity contribution is 5.86. The number of halogens is 11. The molecule has 0 saturated carbocycles. The van der Waals surface area contributed by atoms with Gasteiger partial charge in [0.1, 0.15) is 12.4 Å². The fourth-order valence-corrected chi connectivity index (χ4v) is 3.70. The normalized spacial score (nSPS) is 13.6.